The molecule has 0 aromatic heterocycles. The molecule has 0 bridgehead atoms. The van der Waals surface area contributed by atoms with Gasteiger partial charge in [0.05, 0.1) is 17.8 Å². The number of carbonyl (C=O) groups is 4. The molecule has 0 spiro atoms. The molecule has 2 aliphatic rings. The van der Waals surface area contributed by atoms with Crippen LogP contribution in [0.3, 0.4) is 0 Å². The van der Waals surface area contributed by atoms with Gasteiger partial charge in [-0.25, -0.2) is 0 Å². The van der Waals surface area contributed by atoms with Crippen LogP contribution >= 0.6 is 0 Å². The fourth-order valence-corrected chi connectivity index (χ4v) is 4.39. The van der Waals surface area contributed by atoms with Crippen molar-refractivity contribution in [3.05, 3.63) is 0 Å². The summed E-state index contributed by atoms with van der Waals surface area (Å²) < 4.78 is 0. The minimum atomic E-state index is -0.660. The first-order valence-corrected chi connectivity index (χ1v) is 8.79. The van der Waals surface area contributed by atoms with E-state index >= 15 is 0 Å². The van der Waals surface area contributed by atoms with Crippen LogP contribution in [0.4, 0.5) is 0 Å². The van der Waals surface area contributed by atoms with E-state index in [1.165, 1.54) is 11.9 Å². The Morgan fingerprint density at radius 1 is 0.840 bits per heavy atom. The molecule has 0 radical (unpaired) electrons. The van der Waals surface area contributed by atoms with Crippen molar-refractivity contribution in [1.29, 1.82) is 0 Å². The number of likely N-dealkylation sites (tertiary alicyclic amines) is 1. The van der Waals surface area contributed by atoms with Gasteiger partial charge in [0.2, 0.25) is 23.6 Å². The van der Waals surface area contributed by atoms with Crippen LogP contribution in [0.15, 0.2) is 0 Å². The summed E-state index contributed by atoms with van der Waals surface area (Å²) >= 11 is 0. The maximum absolute atomic E-state index is 12.7. The standard InChI is InChI=1S/C19H30N2O4/c1-17(2,3)12-13(15(24)20-14(12)23)19(6,7)18(4,5)10-9-11(22)21(8)16(10)25/h10,12-13H,9H2,1-8H3,(H,20,23,24). The highest BCUT2D eigenvalue weighted by Gasteiger charge is 2.61. The Morgan fingerprint density at radius 3 is 1.72 bits per heavy atom. The van der Waals surface area contributed by atoms with Crippen LogP contribution in [0.1, 0.15) is 54.9 Å². The maximum atomic E-state index is 12.7. The molecular formula is C19H30N2O4. The number of imide groups is 2. The SMILES string of the molecule is CN1C(=O)CC(C(C)(C)C(C)(C)C2C(=O)NC(=O)C2C(C)(C)C)C1=O. The van der Waals surface area contributed by atoms with Gasteiger partial charge in [-0.05, 0) is 16.2 Å². The van der Waals surface area contributed by atoms with E-state index in [4.69, 9.17) is 0 Å². The second-order valence-corrected chi connectivity index (χ2v) is 9.67. The lowest BCUT2D eigenvalue weighted by molar-refractivity contribution is -0.145. The highest BCUT2D eigenvalue weighted by Crippen LogP contribution is 2.57. The third-order valence-corrected chi connectivity index (χ3v) is 6.77. The molecule has 1 N–H and O–H groups in total. The van der Waals surface area contributed by atoms with E-state index in [0.29, 0.717) is 0 Å². The molecule has 2 rings (SSSR count). The zero-order chi connectivity index (χ0) is 19.5. The van der Waals surface area contributed by atoms with Gasteiger partial charge in [-0.15, -0.1) is 0 Å². The predicted octanol–water partition coefficient (Wildman–Crippen LogP) is 1.98. The lowest BCUT2D eigenvalue weighted by Gasteiger charge is -2.50. The van der Waals surface area contributed by atoms with Crippen molar-refractivity contribution in [3.8, 4) is 0 Å². The number of hydrogen-bond donors (Lipinski definition) is 1. The number of carbonyl (C=O) groups excluding carboxylic acids is 4. The van der Waals surface area contributed by atoms with Crippen molar-refractivity contribution in [2.24, 2.45) is 34.0 Å². The van der Waals surface area contributed by atoms with Gasteiger partial charge in [-0.2, -0.15) is 0 Å². The summed E-state index contributed by atoms with van der Waals surface area (Å²) in [4.78, 5) is 50.9. The van der Waals surface area contributed by atoms with Gasteiger partial charge in [-0.1, -0.05) is 48.5 Å². The maximum Gasteiger partial charge on any atom is 0.233 e. The average Bonchev–Trinajstić information content (AvgIpc) is 2.89. The van der Waals surface area contributed by atoms with Crippen LogP contribution in [0.5, 0.6) is 0 Å². The molecule has 2 saturated heterocycles. The molecule has 2 aliphatic heterocycles. The summed E-state index contributed by atoms with van der Waals surface area (Å²) in [6, 6.07) is 0. The zero-order valence-corrected chi connectivity index (χ0v) is 16.5. The molecule has 4 amide bonds. The Hall–Kier alpha value is -1.72. The minimum absolute atomic E-state index is 0.147. The Kier molecular flexibility index (Phi) is 4.43. The van der Waals surface area contributed by atoms with E-state index in [2.05, 4.69) is 5.32 Å². The van der Waals surface area contributed by atoms with Crippen LogP contribution in [0, 0.1) is 34.0 Å². The Balaban J connectivity index is 2.48. The monoisotopic (exact) mass is 350 g/mol. The second kappa shape index (κ2) is 5.64. The van der Waals surface area contributed by atoms with Crippen LogP contribution in [-0.2, 0) is 19.2 Å². The summed E-state index contributed by atoms with van der Waals surface area (Å²) in [5, 5.41) is 2.48. The van der Waals surface area contributed by atoms with Gasteiger partial charge in [-0.3, -0.25) is 29.4 Å². The molecule has 3 atom stereocenters. The third-order valence-electron chi connectivity index (χ3n) is 6.77. The van der Waals surface area contributed by atoms with Crippen molar-refractivity contribution in [1.82, 2.24) is 10.2 Å². The average molecular weight is 350 g/mol. The lowest BCUT2D eigenvalue weighted by atomic mass is 9.52. The predicted molar refractivity (Wildman–Crippen MR) is 93.0 cm³/mol. The summed E-state index contributed by atoms with van der Waals surface area (Å²) in [5.41, 5.74) is -1.69. The lowest BCUT2D eigenvalue weighted by Crippen LogP contribution is -2.51. The number of nitrogens with zero attached hydrogens (tertiary/aromatic N) is 1. The minimum Gasteiger partial charge on any atom is -0.296 e. The van der Waals surface area contributed by atoms with Crippen LogP contribution in [-0.4, -0.2) is 35.6 Å². The topological polar surface area (TPSA) is 83.6 Å². The van der Waals surface area contributed by atoms with Crippen molar-refractivity contribution in [3.63, 3.8) is 0 Å². The number of amides is 4. The molecule has 140 valence electrons. The zero-order valence-electron chi connectivity index (χ0n) is 16.5. The van der Waals surface area contributed by atoms with Gasteiger partial charge in [0.15, 0.2) is 0 Å². The Labute approximate surface area is 149 Å². The summed E-state index contributed by atoms with van der Waals surface area (Å²) in [6.45, 7) is 13.6. The van der Waals surface area contributed by atoms with Crippen LogP contribution in [0.25, 0.3) is 0 Å². The quantitative estimate of drug-likeness (QED) is 0.789. The van der Waals surface area contributed by atoms with E-state index in [-0.39, 0.29) is 35.5 Å². The molecule has 0 saturated carbocycles. The number of rotatable bonds is 3. The van der Waals surface area contributed by atoms with Crippen molar-refractivity contribution >= 4 is 23.6 Å². The van der Waals surface area contributed by atoms with Gasteiger partial charge in [0, 0.05) is 13.5 Å². The first-order chi connectivity index (χ1) is 11.1. The fourth-order valence-electron chi connectivity index (χ4n) is 4.39. The third kappa shape index (κ3) is 2.79. The van der Waals surface area contributed by atoms with Gasteiger partial charge >= 0.3 is 0 Å². The summed E-state index contributed by atoms with van der Waals surface area (Å²) in [7, 11) is 1.50. The first-order valence-electron chi connectivity index (χ1n) is 8.79. The Bertz CT molecular complexity index is 642. The largest absolute Gasteiger partial charge is 0.296 e. The molecule has 2 heterocycles. The first kappa shape index (κ1) is 19.6. The highest BCUT2D eigenvalue weighted by molar-refractivity contribution is 6.06. The molecule has 3 unspecified atom stereocenters. The molecule has 2 fully saturated rings. The highest BCUT2D eigenvalue weighted by atomic mass is 16.2. The van der Waals surface area contributed by atoms with E-state index in [1.807, 2.05) is 48.5 Å². The summed E-state index contributed by atoms with van der Waals surface area (Å²) in [6.07, 6.45) is 0.147. The van der Waals surface area contributed by atoms with E-state index in [1.54, 1.807) is 0 Å². The molecule has 0 aliphatic carbocycles. The number of hydrogen-bond acceptors (Lipinski definition) is 4. The molecule has 25 heavy (non-hydrogen) atoms. The van der Waals surface area contributed by atoms with Crippen molar-refractivity contribution in [2.75, 3.05) is 7.05 Å². The van der Waals surface area contributed by atoms with E-state index in [9.17, 15) is 19.2 Å². The second-order valence-electron chi connectivity index (χ2n) is 9.67. The smallest absolute Gasteiger partial charge is 0.233 e. The molecule has 0 aromatic carbocycles. The molecule has 0 aromatic rings. The summed E-state index contributed by atoms with van der Waals surface area (Å²) in [5.74, 6) is -2.46. The van der Waals surface area contributed by atoms with Gasteiger partial charge in [0.25, 0.3) is 0 Å². The van der Waals surface area contributed by atoms with Crippen molar-refractivity contribution < 1.29 is 19.2 Å². The van der Waals surface area contributed by atoms with Gasteiger partial charge < -0.3 is 0 Å². The van der Waals surface area contributed by atoms with Crippen molar-refractivity contribution in [2.45, 2.75) is 54.9 Å². The van der Waals surface area contributed by atoms with E-state index < -0.39 is 28.6 Å². The number of nitrogens with one attached hydrogen (secondary N) is 1. The van der Waals surface area contributed by atoms with Crippen LogP contribution < -0.4 is 5.32 Å². The Morgan fingerprint density at radius 2 is 1.32 bits per heavy atom. The normalized spacial score (nSPS) is 28.8. The van der Waals surface area contributed by atoms with Crippen LogP contribution in [0.2, 0.25) is 0 Å². The van der Waals surface area contributed by atoms with Gasteiger partial charge in [0.1, 0.15) is 0 Å². The molecule has 6 heteroatoms. The molecular weight excluding hydrogens is 320 g/mol. The fraction of sp³-hybridized carbons (Fsp3) is 0.789. The van der Waals surface area contributed by atoms with E-state index in [0.717, 1.165) is 0 Å². The molecule has 6 nitrogen and oxygen atoms in total.